The highest BCUT2D eigenvalue weighted by atomic mass is 35.5. The first-order chi connectivity index (χ1) is 13.4. The average Bonchev–Trinajstić information content (AvgIpc) is 3.17. The van der Waals surface area contributed by atoms with Crippen LogP contribution in [0.1, 0.15) is 38.5 Å². The fraction of sp³-hybridized carbons (Fsp3) is 0.619. The third-order valence-electron chi connectivity index (χ3n) is 5.90. The summed E-state index contributed by atoms with van der Waals surface area (Å²) in [4.78, 5) is 28.4. The molecule has 2 N–H and O–H groups in total. The smallest absolute Gasteiger partial charge is 0.236 e. The van der Waals surface area contributed by atoms with Gasteiger partial charge in [0.25, 0.3) is 0 Å². The summed E-state index contributed by atoms with van der Waals surface area (Å²) in [5.74, 6) is 0.297. The van der Waals surface area contributed by atoms with Crippen molar-refractivity contribution in [2.45, 2.75) is 50.7 Å². The summed E-state index contributed by atoms with van der Waals surface area (Å²) in [5, 5.41) is 0.603. The molecule has 1 aromatic carbocycles. The minimum absolute atomic E-state index is 0.116. The van der Waals surface area contributed by atoms with E-state index in [0.717, 1.165) is 0 Å². The number of ether oxygens (including phenoxy) is 1. The van der Waals surface area contributed by atoms with E-state index in [-0.39, 0.29) is 30.3 Å². The average molecular weight is 408 g/mol. The molecule has 2 amide bonds. The molecule has 2 atom stereocenters. The number of nitrogens with zero attached hydrogens (tertiary/aromatic N) is 2. The van der Waals surface area contributed by atoms with E-state index in [1.165, 1.54) is 25.7 Å². The fourth-order valence-corrected chi connectivity index (χ4v) is 4.53. The lowest BCUT2D eigenvalue weighted by atomic mass is 9.91. The molecule has 1 saturated heterocycles. The van der Waals surface area contributed by atoms with Gasteiger partial charge in [0.05, 0.1) is 6.54 Å². The quantitative estimate of drug-likeness (QED) is 0.753. The molecule has 0 unspecified atom stereocenters. The molecule has 7 heteroatoms. The zero-order valence-electron chi connectivity index (χ0n) is 16.5. The van der Waals surface area contributed by atoms with Gasteiger partial charge < -0.3 is 15.4 Å². The third kappa shape index (κ3) is 5.61. The summed E-state index contributed by atoms with van der Waals surface area (Å²) >= 11 is 6.04. The van der Waals surface area contributed by atoms with Gasteiger partial charge in [-0.15, -0.1) is 0 Å². The van der Waals surface area contributed by atoms with Crippen LogP contribution >= 0.6 is 11.6 Å². The van der Waals surface area contributed by atoms with Crippen LogP contribution in [0.2, 0.25) is 5.02 Å². The van der Waals surface area contributed by atoms with Gasteiger partial charge in [-0.2, -0.15) is 0 Å². The van der Waals surface area contributed by atoms with Gasteiger partial charge in [-0.25, -0.2) is 0 Å². The topological polar surface area (TPSA) is 75.9 Å². The van der Waals surface area contributed by atoms with E-state index >= 15 is 0 Å². The largest absolute Gasteiger partial charge is 0.490 e. The molecule has 28 heavy (non-hydrogen) atoms. The Morgan fingerprint density at radius 3 is 2.71 bits per heavy atom. The first-order valence-electron chi connectivity index (χ1n) is 10.1. The van der Waals surface area contributed by atoms with E-state index in [9.17, 15) is 9.59 Å². The Labute approximate surface area is 171 Å². The number of likely N-dealkylation sites (tertiary alicyclic amines) is 1. The number of carbonyl (C=O) groups excluding carboxylic acids is 2. The Hall–Kier alpha value is -1.79. The number of likely N-dealkylation sites (N-methyl/N-ethyl adjacent to an activating group) is 1. The van der Waals surface area contributed by atoms with Crippen molar-refractivity contribution in [2.75, 3.05) is 26.7 Å². The summed E-state index contributed by atoms with van der Waals surface area (Å²) in [5.41, 5.74) is 5.46. The summed E-state index contributed by atoms with van der Waals surface area (Å²) in [6.07, 6.45) is 5.54. The number of benzene rings is 1. The van der Waals surface area contributed by atoms with Crippen LogP contribution in [0.3, 0.4) is 0 Å². The maximum atomic E-state index is 12.8. The van der Waals surface area contributed by atoms with Crippen molar-refractivity contribution in [1.82, 2.24) is 9.80 Å². The number of piperidine rings is 1. The van der Waals surface area contributed by atoms with Crippen LogP contribution in [0.15, 0.2) is 24.3 Å². The predicted octanol–water partition coefficient (Wildman–Crippen LogP) is 2.69. The molecule has 6 nitrogen and oxygen atoms in total. The molecule has 0 radical (unpaired) electrons. The number of carbonyl (C=O) groups is 2. The van der Waals surface area contributed by atoms with Gasteiger partial charge in [0.15, 0.2) is 0 Å². The van der Waals surface area contributed by atoms with Crippen LogP contribution in [-0.2, 0) is 9.59 Å². The van der Waals surface area contributed by atoms with Crippen molar-refractivity contribution < 1.29 is 14.3 Å². The number of hydrogen-bond donors (Lipinski definition) is 1. The SMILES string of the molecule is CN(CC(=O)N1CC[C@H](Oc2cccc(Cl)c2)[C@@H](CC(N)=O)C1)C1CCCC1. The maximum absolute atomic E-state index is 12.8. The monoisotopic (exact) mass is 407 g/mol. The number of hydrogen-bond acceptors (Lipinski definition) is 4. The summed E-state index contributed by atoms with van der Waals surface area (Å²) in [6.45, 7) is 1.54. The Kier molecular flexibility index (Phi) is 7.18. The molecule has 2 fully saturated rings. The summed E-state index contributed by atoms with van der Waals surface area (Å²) in [7, 11) is 2.03. The van der Waals surface area contributed by atoms with Gasteiger partial charge >= 0.3 is 0 Å². The van der Waals surface area contributed by atoms with E-state index in [2.05, 4.69) is 4.90 Å². The molecule has 1 saturated carbocycles. The molecule has 1 aliphatic heterocycles. The van der Waals surface area contributed by atoms with Crippen molar-refractivity contribution in [2.24, 2.45) is 11.7 Å². The van der Waals surface area contributed by atoms with E-state index in [1.54, 1.807) is 12.1 Å². The molecule has 0 spiro atoms. The van der Waals surface area contributed by atoms with Gasteiger partial charge in [0, 0.05) is 42.9 Å². The van der Waals surface area contributed by atoms with Crippen LogP contribution < -0.4 is 10.5 Å². The fourth-order valence-electron chi connectivity index (χ4n) is 4.35. The summed E-state index contributed by atoms with van der Waals surface area (Å²) < 4.78 is 6.10. The second-order valence-electron chi connectivity index (χ2n) is 8.03. The van der Waals surface area contributed by atoms with E-state index in [4.69, 9.17) is 22.1 Å². The van der Waals surface area contributed by atoms with Crippen molar-refractivity contribution in [3.8, 4) is 5.75 Å². The van der Waals surface area contributed by atoms with Gasteiger partial charge in [-0.1, -0.05) is 30.5 Å². The van der Waals surface area contributed by atoms with Crippen LogP contribution in [0, 0.1) is 5.92 Å². The third-order valence-corrected chi connectivity index (χ3v) is 6.13. The molecule has 154 valence electrons. The molecule has 1 heterocycles. The predicted molar refractivity (Wildman–Crippen MR) is 109 cm³/mol. The minimum atomic E-state index is -0.373. The first kappa shape index (κ1) is 20.9. The number of rotatable bonds is 7. The number of nitrogens with two attached hydrogens (primary N) is 1. The van der Waals surface area contributed by atoms with Crippen molar-refractivity contribution >= 4 is 23.4 Å². The zero-order chi connectivity index (χ0) is 20.1. The molecule has 0 aromatic heterocycles. The Balaban J connectivity index is 1.60. The lowest BCUT2D eigenvalue weighted by Crippen LogP contribution is -2.51. The second-order valence-corrected chi connectivity index (χ2v) is 8.46. The highest BCUT2D eigenvalue weighted by molar-refractivity contribution is 6.30. The van der Waals surface area contributed by atoms with Gasteiger partial charge in [-0.05, 0) is 38.1 Å². The van der Waals surface area contributed by atoms with Gasteiger partial charge in [0.1, 0.15) is 11.9 Å². The lowest BCUT2D eigenvalue weighted by molar-refractivity contribution is -0.137. The van der Waals surface area contributed by atoms with E-state index in [1.807, 2.05) is 24.1 Å². The van der Waals surface area contributed by atoms with Crippen molar-refractivity contribution in [1.29, 1.82) is 0 Å². The maximum Gasteiger partial charge on any atom is 0.236 e. The Bertz CT molecular complexity index is 693. The molecule has 0 bridgehead atoms. The number of amides is 2. The van der Waals surface area contributed by atoms with Gasteiger partial charge in [-0.3, -0.25) is 14.5 Å². The molecule has 1 aromatic rings. The normalized spacial score (nSPS) is 23.2. The van der Waals surface area contributed by atoms with E-state index in [0.29, 0.717) is 42.9 Å². The lowest BCUT2D eigenvalue weighted by Gasteiger charge is -2.39. The minimum Gasteiger partial charge on any atom is -0.490 e. The van der Waals surface area contributed by atoms with Crippen LogP contribution in [0.5, 0.6) is 5.75 Å². The van der Waals surface area contributed by atoms with Crippen molar-refractivity contribution in [3.63, 3.8) is 0 Å². The highest BCUT2D eigenvalue weighted by Gasteiger charge is 2.34. The summed E-state index contributed by atoms with van der Waals surface area (Å²) in [6, 6.07) is 7.74. The number of halogens is 1. The Morgan fingerprint density at radius 1 is 1.29 bits per heavy atom. The molecular weight excluding hydrogens is 378 g/mol. The van der Waals surface area contributed by atoms with Crippen molar-refractivity contribution in [3.05, 3.63) is 29.3 Å². The molecule has 1 aliphatic carbocycles. The van der Waals surface area contributed by atoms with Crippen LogP contribution in [0.4, 0.5) is 0 Å². The van der Waals surface area contributed by atoms with E-state index < -0.39 is 0 Å². The second kappa shape index (κ2) is 9.61. The first-order valence-corrected chi connectivity index (χ1v) is 10.5. The highest BCUT2D eigenvalue weighted by Crippen LogP contribution is 2.28. The standard InChI is InChI=1S/C21H30ClN3O3/c1-24(17-6-2-3-7-17)14-21(27)25-10-9-19(15(13-25)11-20(23)26)28-18-8-4-5-16(22)12-18/h4-5,8,12,15,17,19H,2-3,6-7,9-11,13-14H2,1H3,(H2,23,26)/t15-,19-/m0/s1. The molecule has 3 rings (SSSR count). The zero-order valence-corrected chi connectivity index (χ0v) is 17.2. The van der Waals surface area contributed by atoms with Gasteiger partial charge in [0.2, 0.25) is 11.8 Å². The van der Waals surface area contributed by atoms with Crippen LogP contribution in [-0.4, -0.2) is 60.4 Å². The molecule has 2 aliphatic rings. The molecular formula is C21H30ClN3O3. The number of primary amides is 1. The van der Waals surface area contributed by atoms with Crippen LogP contribution in [0.25, 0.3) is 0 Å². The Morgan fingerprint density at radius 2 is 2.04 bits per heavy atom.